The summed E-state index contributed by atoms with van der Waals surface area (Å²) in [5.74, 6) is 0. The maximum absolute atomic E-state index is 7.21. The molecule has 0 fully saturated rings. The van der Waals surface area contributed by atoms with Crippen LogP contribution in [0.1, 0.15) is 202 Å². The van der Waals surface area contributed by atoms with Gasteiger partial charge < -0.3 is 13.7 Å². The Morgan fingerprint density at radius 2 is 0.725 bits per heavy atom. The first kappa shape index (κ1) is 63.0. The van der Waals surface area contributed by atoms with Gasteiger partial charge in [0, 0.05) is 71.2 Å². The largest absolute Gasteiger partial charge is 0.456 e. The Morgan fingerprint density at radius 3 is 1.40 bits per heavy atom. The lowest BCUT2D eigenvalue weighted by Gasteiger charge is -2.33. The smallest absolute Gasteiger partial charge is 0.143 e. The van der Waals surface area contributed by atoms with Crippen LogP contribution in [-0.2, 0) is 27.1 Å². The Kier molecular flexibility index (Phi) is 14.2. The van der Waals surface area contributed by atoms with E-state index in [9.17, 15) is 0 Å². The third kappa shape index (κ3) is 9.04. The molecule has 19 rings (SSSR count). The van der Waals surface area contributed by atoms with Gasteiger partial charge in [-0.25, -0.2) is 0 Å². The number of hydrogen-bond donors (Lipinski definition) is 0. The molecule has 102 heavy (non-hydrogen) atoms. The monoisotopic (exact) mass is 1330 g/mol. The molecule has 3 heteroatoms. The number of benzene rings is 12. The van der Waals surface area contributed by atoms with Gasteiger partial charge in [0.25, 0.3) is 0 Å². The van der Waals surface area contributed by atoms with Crippen molar-refractivity contribution in [1.82, 2.24) is 0 Å². The van der Waals surface area contributed by atoms with Crippen molar-refractivity contribution in [2.45, 2.75) is 173 Å². The van der Waals surface area contributed by atoms with E-state index in [1.807, 2.05) is 0 Å². The molecule has 0 saturated heterocycles. The van der Waals surface area contributed by atoms with Crippen molar-refractivity contribution in [1.29, 1.82) is 0 Å². The summed E-state index contributed by atoms with van der Waals surface area (Å²) in [6, 6.07) is 86.6. The Bertz CT molecular complexity index is 5800. The molecule has 5 aliphatic rings. The third-order valence-corrected chi connectivity index (χ3v) is 25.8. The predicted octanol–water partition coefficient (Wildman–Crippen LogP) is 28.5. The Morgan fingerprint density at radius 1 is 0.275 bits per heavy atom. The lowest BCUT2D eigenvalue weighted by Crippen LogP contribution is -2.25. The fraction of sp³-hybridized carbons (Fsp3) is 0.273. The summed E-state index contributed by atoms with van der Waals surface area (Å²) in [5.41, 5.74) is 38.5. The summed E-state index contributed by atoms with van der Waals surface area (Å²) in [4.78, 5) is 2.49. The molecule has 0 N–H and O–H groups in total. The maximum Gasteiger partial charge on any atom is 0.143 e. The van der Waals surface area contributed by atoms with E-state index in [4.69, 9.17) is 8.83 Å². The highest BCUT2D eigenvalue weighted by atomic mass is 16.3. The third-order valence-electron chi connectivity index (χ3n) is 25.8. The summed E-state index contributed by atoms with van der Waals surface area (Å²) in [5, 5.41) is 4.75. The molecule has 2 aromatic heterocycles. The minimum absolute atomic E-state index is 0.0355. The number of para-hydroxylation sites is 3. The van der Waals surface area contributed by atoms with Crippen molar-refractivity contribution < 1.29 is 8.83 Å². The topological polar surface area (TPSA) is 29.5 Å². The van der Waals surface area contributed by atoms with Crippen LogP contribution >= 0.6 is 0 Å². The van der Waals surface area contributed by atoms with E-state index >= 15 is 0 Å². The number of hydrogen-bond acceptors (Lipinski definition) is 3. The molecular weight excluding hydrogens is 1240 g/mol. The number of rotatable bonds is 17. The van der Waals surface area contributed by atoms with Crippen molar-refractivity contribution in [2.75, 3.05) is 4.90 Å². The van der Waals surface area contributed by atoms with Gasteiger partial charge in [0.2, 0.25) is 0 Å². The highest BCUT2D eigenvalue weighted by Crippen LogP contribution is 2.62. The minimum Gasteiger partial charge on any atom is -0.456 e. The van der Waals surface area contributed by atoms with Gasteiger partial charge in [-0.2, -0.15) is 0 Å². The van der Waals surface area contributed by atoms with Gasteiger partial charge in [0.1, 0.15) is 22.3 Å². The van der Waals surface area contributed by atoms with E-state index in [-0.39, 0.29) is 27.1 Å². The zero-order valence-electron chi connectivity index (χ0n) is 61.1. The lowest BCUT2D eigenvalue weighted by molar-refractivity contribution is 0.399. The maximum atomic E-state index is 7.21. The molecule has 3 nitrogen and oxygen atoms in total. The van der Waals surface area contributed by atoms with Crippen LogP contribution in [0.3, 0.4) is 0 Å². The molecule has 0 spiro atoms. The van der Waals surface area contributed by atoms with Crippen molar-refractivity contribution >= 4 is 60.9 Å². The molecule has 0 radical (unpaired) electrons. The number of fused-ring (bicyclic) bond motifs is 23. The Labute approximate surface area is 602 Å². The summed E-state index contributed by atoms with van der Waals surface area (Å²) in [7, 11) is 0. The summed E-state index contributed by atoms with van der Waals surface area (Å²) in [6.45, 7) is 24.1. The molecule has 0 bridgehead atoms. The lowest BCUT2D eigenvalue weighted by atomic mass is 9.70. The normalized spacial score (nSPS) is 15.8. The van der Waals surface area contributed by atoms with Crippen molar-refractivity contribution in [3.05, 3.63) is 280 Å². The van der Waals surface area contributed by atoms with Gasteiger partial charge in [-0.1, -0.05) is 267 Å². The van der Waals surface area contributed by atoms with Crippen LogP contribution in [-0.4, -0.2) is 0 Å². The highest BCUT2D eigenvalue weighted by molar-refractivity contribution is 6.19. The number of nitrogens with zero attached hydrogens (tertiary/aromatic N) is 1. The van der Waals surface area contributed by atoms with Crippen LogP contribution in [0.5, 0.6) is 0 Å². The number of anilines is 3. The van der Waals surface area contributed by atoms with Gasteiger partial charge in [-0.15, -0.1) is 0 Å². The van der Waals surface area contributed by atoms with Gasteiger partial charge in [-0.05, 0) is 232 Å². The molecule has 2 heterocycles. The second-order valence-corrected chi connectivity index (χ2v) is 32.9. The molecule has 12 aromatic carbocycles. The number of unbranched alkanes of at least 4 members (excludes halogenated alkanes) is 8. The van der Waals surface area contributed by atoms with Crippen LogP contribution < -0.4 is 4.90 Å². The van der Waals surface area contributed by atoms with Crippen LogP contribution in [0.4, 0.5) is 17.1 Å². The van der Waals surface area contributed by atoms with E-state index in [2.05, 4.69) is 299 Å². The fourth-order valence-electron chi connectivity index (χ4n) is 20.3. The first-order valence-electron chi connectivity index (χ1n) is 38.3. The van der Waals surface area contributed by atoms with Gasteiger partial charge in [0.05, 0.1) is 0 Å². The molecule has 0 saturated carbocycles. The molecule has 504 valence electrons. The predicted molar refractivity (Wildman–Crippen MR) is 430 cm³/mol. The molecule has 14 aromatic rings. The second kappa shape index (κ2) is 23.0. The number of furan rings is 2. The highest BCUT2D eigenvalue weighted by Gasteiger charge is 2.46. The molecule has 0 amide bonds. The minimum atomic E-state index is -0.362. The molecule has 0 aliphatic heterocycles. The van der Waals surface area contributed by atoms with Crippen LogP contribution in [0.2, 0.25) is 0 Å². The first-order valence-corrected chi connectivity index (χ1v) is 38.3. The average Bonchev–Trinajstić information content (AvgIpc) is 1.54. The molecule has 0 unspecified atom stereocenters. The fourth-order valence-corrected chi connectivity index (χ4v) is 20.3. The SMILES string of the molecule is CCCCCCCC1(CCCCCCC)c2ccccc2-c2ccc(-c3ccc4c(c3)C(C)(C)c3cc(-c5cc6c(c7c5oc5ccccc57)-c5ccc(N(c7ccccc7)c7ccc8c(c7)C(C)(C)c7cc9c(cc7-8)C(C)(C)c7ccc8oc%10ccccc%10c8c7-9)cc5C6(C)C)ccc3-4)cc21. The van der Waals surface area contributed by atoms with Gasteiger partial charge >= 0.3 is 0 Å². The van der Waals surface area contributed by atoms with Crippen LogP contribution in [0.15, 0.2) is 233 Å². The Hall–Kier alpha value is -9.96. The quantitative estimate of drug-likeness (QED) is 0.0851. The zero-order valence-corrected chi connectivity index (χ0v) is 61.1. The van der Waals surface area contributed by atoms with E-state index in [0.29, 0.717) is 0 Å². The zero-order chi connectivity index (χ0) is 69.3. The van der Waals surface area contributed by atoms with Crippen molar-refractivity contribution in [3.63, 3.8) is 0 Å². The summed E-state index contributed by atoms with van der Waals surface area (Å²) < 4.78 is 13.7. The molecule has 5 aliphatic carbocycles. The molecule has 0 atom stereocenters. The van der Waals surface area contributed by atoms with Gasteiger partial charge in [0.15, 0.2) is 0 Å². The van der Waals surface area contributed by atoms with Gasteiger partial charge in [-0.3, -0.25) is 0 Å². The van der Waals surface area contributed by atoms with E-state index in [1.165, 1.54) is 210 Å². The van der Waals surface area contributed by atoms with Crippen LogP contribution in [0.25, 0.3) is 122 Å². The standard InChI is InChI=1S/C99H91NO2/c1-11-13-15-17-28-50-99(51-29-18-16-14-12-2)77-35-25-22-32-66(77)69-44-39-61(53-85(69)99)60-38-43-67-68-45-40-62(54-80(68)96(5,6)79(67)52-60)74-57-86-90(93-73-34-24-27-37-88(73)102-94(74)93)71-47-42-65(56-82(71)98(86,9)10)100(63-30-20-19-21-31-63)64-41-46-70-75-58-84-76(59-83(75)97(7,8)81(70)55-64)91-78(95(84,3)4)48-49-89-92(91)72-33-23-26-36-87(72)101-89/h19-27,30-49,52-59H,11-18,28-29,50-51H2,1-10H3. The Balaban J connectivity index is 0.676. The van der Waals surface area contributed by atoms with E-state index in [1.54, 1.807) is 11.1 Å². The van der Waals surface area contributed by atoms with E-state index < -0.39 is 0 Å². The summed E-state index contributed by atoms with van der Waals surface area (Å²) >= 11 is 0. The van der Waals surface area contributed by atoms with Crippen LogP contribution in [0, 0.1) is 0 Å². The first-order chi connectivity index (χ1) is 49.5. The average molecular weight is 1330 g/mol. The van der Waals surface area contributed by atoms with Crippen molar-refractivity contribution in [2.24, 2.45) is 0 Å². The summed E-state index contributed by atoms with van der Waals surface area (Å²) in [6.07, 6.45) is 15.5. The second-order valence-electron chi connectivity index (χ2n) is 32.9. The molecular formula is C99H91NO2. The van der Waals surface area contributed by atoms with E-state index in [0.717, 1.165) is 50.3 Å². The van der Waals surface area contributed by atoms with Crippen molar-refractivity contribution in [3.8, 4) is 77.9 Å².